The van der Waals surface area contributed by atoms with Gasteiger partial charge < -0.3 is 15.2 Å². The van der Waals surface area contributed by atoms with Crippen LogP contribution in [0.3, 0.4) is 0 Å². The first-order chi connectivity index (χ1) is 11.3. The van der Waals surface area contributed by atoms with E-state index < -0.39 is 0 Å². The number of thiophene rings is 1. The number of nitrogens with one attached hydrogen (secondary N) is 2. The molecular weight excluding hydrogens is 435 g/mol. The van der Waals surface area contributed by atoms with Crippen LogP contribution in [-0.2, 0) is 25.9 Å². The van der Waals surface area contributed by atoms with E-state index in [2.05, 4.69) is 54.8 Å². The van der Waals surface area contributed by atoms with Crippen LogP contribution in [0.15, 0.2) is 22.5 Å². The maximum atomic E-state index is 4.29. The smallest absolute Gasteiger partial charge is 0.191 e. The Morgan fingerprint density at radius 3 is 3.04 bits per heavy atom. The van der Waals surface area contributed by atoms with Crippen LogP contribution in [0.2, 0.25) is 0 Å². The predicted molar refractivity (Wildman–Crippen MR) is 109 cm³/mol. The number of guanidine groups is 1. The third-order valence-corrected chi connectivity index (χ3v) is 4.97. The molecule has 0 saturated carbocycles. The Labute approximate surface area is 164 Å². The van der Waals surface area contributed by atoms with Crippen molar-refractivity contribution in [2.45, 2.75) is 39.3 Å². The first-order valence-corrected chi connectivity index (χ1v) is 9.02. The Bertz CT molecular complexity index is 652. The number of fused-ring (bicyclic) bond motifs is 1. The molecule has 24 heavy (non-hydrogen) atoms. The molecule has 0 radical (unpaired) electrons. The molecule has 0 aromatic carbocycles. The maximum Gasteiger partial charge on any atom is 0.191 e. The Hall–Kier alpha value is -1.16. The van der Waals surface area contributed by atoms with E-state index in [0.29, 0.717) is 12.5 Å². The molecule has 0 saturated heterocycles. The van der Waals surface area contributed by atoms with Crippen molar-refractivity contribution < 1.29 is 0 Å². The lowest BCUT2D eigenvalue weighted by molar-refractivity contribution is 0.560. The topological polar surface area (TPSA) is 67.1 Å². The standard InChI is InChI=1S/C16H24N6S.HI/c1-12(9-13-5-4-8-23-13)10-18-16(17-2)19-11-15-21-20-14-6-3-7-22(14)15;/h4-5,8,12H,3,6-7,9-11H2,1-2H3,(H2,17,18,19);1H. The number of aliphatic imine (C=N–C) groups is 1. The van der Waals surface area contributed by atoms with E-state index in [1.54, 1.807) is 7.05 Å². The lowest BCUT2D eigenvalue weighted by atomic mass is 10.1. The van der Waals surface area contributed by atoms with Gasteiger partial charge in [-0.1, -0.05) is 13.0 Å². The third kappa shape index (κ3) is 4.92. The van der Waals surface area contributed by atoms with Crippen LogP contribution in [0.25, 0.3) is 0 Å². The number of halogens is 1. The molecule has 3 rings (SSSR count). The highest BCUT2D eigenvalue weighted by molar-refractivity contribution is 14.0. The van der Waals surface area contributed by atoms with E-state index >= 15 is 0 Å². The molecule has 0 fully saturated rings. The summed E-state index contributed by atoms with van der Waals surface area (Å²) in [5, 5.41) is 17.4. The third-order valence-electron chi connectivity index (χ3n) is 4.07. The molecule has 0 aliphatic carbocycles. The van der Waals surface area contributed by atoms with Gasteiger partial charge in [0.1, 0.15) is 5.82 Å². The van der Waals surface area contributed by atoms with E-state index in [1.807, 2.05) is 11.3 Å². The van der Waals surface area contributed by atoms with Gasteiger partial charge in [-0.05, 0) is 30.2 Å². The molecule has 0 bridgehead atoms. The maximum absolute atomic E-state index is 4.29. The zero-order chi connectivity index (χ0) is 16.1. The number of rotatable bonds is 6. The summed E-state index contributed by atoms with van der Waals surface area (Å²) >= 11 is 1.82. The molecular formula is C16H25IN6S. The molecule has 1 aliphatic rings. The van der Waals surface area contributed by atoms with Crippen molar-refractivity contribution in [3.8, 4) is 0 Å². The SMILES string of the molecule is CN=C(NCc1nnc2n1CCC2)NCC(C)Cc1cccs1.I. The quantitative estimate of drug-likeness (QED) is 0.395. The van der Waals surface area contributed by atoms with Gasteiger partial charge in [0, 0.05) is 31.4 Å². The molecule has 2 aromatic rings. The molecule has 0 spiro atoms. The number of hydrogen-bond acceptors (Lipinski definition) is 4. The molecule has 6 nitrogen and oxygen atoms in total. The highest BCUT2D eigenvalue weighted by Crippen LogP contribution is 2.14. The summed E-state index contributed by atoms with van der Waals surface area (Å²) in [6.45, 7) is 4.84. The fourth-order valence-electron chi connectivity index (χ4n) is 2.84. The van der Waals surface area contributed by atoms with Crippen molar-refractivity contribution in [1.82, 2.24) is 25.4 Å². The normalized spacial score (nSPS) is 14.8. The Morgan fingerprint density at radius 2 is 2.29 bits per heavy atom. The fourth-order valence-corrected chi connectivity index (χ4v) is 3.71. The Balaban J connectivity index is 0.00000208. The van der Waals surface area contributed by atoms with Gasteiger partial charge in [0.2, 0.25) is 0 Å². The number of hydrogen-bond donors (Lipinski definition) is 2. The minimum atomic E-state index is 0. The fraction of sp³-hybridized carbons (Fsp3) is 0.562. The minimum absolute atomic E-state index is 0. The highest BCUT2D eigenvalue weighted by Gasteiger charge is 2.17. The van der Waals surface area contributed by atoms with Gasteiger partial charge in [-0.3, -0.25) is 4.99 Å². The molecule has 1 aliphatic heterocycles. The van der Waals surface area contributed by atoms with Gasteiger partial charge in [0.05, 0.1) is 6.54 Å². The second kappa shape index (κ2) is 9.36. The molecule has 2 aromatic heterocycles. The first kappa shape index (κ1) is 19.2. The summed E-state index contributed by atoms with van der Waals surface area (Å²) in [5.41, 5.74) is 0. The zero-order valence-electron chi connectivity index (χ0n) is 14.2. The van der Waals surface area contributed by atoms with Gasteiger partial charge in [-0.2, -0.15) is 0 Å². The summed E-state index contributed by atoms with van der Waals surface area (Å²) in [7, 11) is 1.80. The monoisotopic (exact) mass is 460 g/mol. The molecule has 132 valence electrons. The van der Waals surface area contributed by atoms with Gasteiger partial charge in [-0.25, -0.2) is 0 Å². The van der Waals surface area contributed by atoms with Crippen molar-refractivity contribution in [3.05, 3.63) is 34.0 Å². The molecule has 8 heteroatoms. The molecule has 3 heterocycles. The predicted octanol–water partition coefficient (Wildman–Crippen LogP) is 2.45. The summed E-state index contributed by atoms with van der Waals surface area (Å²) in [6.07, 6.45) is 3.31. The van der Waals surface area contributed by atoms with Crippen LogP contribution in [-0.4, -0.2) is 34.3 Å². The summed E-state index contributed by atoms with van der Waals surface area (Å²) in [4.78, 5) is 5.72. The highest BCUT2D eigenvalue weighted by atomic mass is 127. The van der Waals surface area contributed by atoms with E-state index in [4.69, 9.17) is 0 Å². The van der Waals surface area contributed by atoms with Crippen LogP contribution < -0.4 is 10.6 Å². The average molecular weight is 460 g/mol. The first-order valence-electron chi connectivity index (χ1n) is 8.14. The zero-order valence-corrected chi connectivity index (χ0v) is 17.3. The summed E-state index contributed by atoms with van der Waals surface area (Å²) < 4.78 is 2.21. The Morgan fingerprint density at radius 1 is 1.42 bits per heavy atom. The second-order valence-corrected chi connectivity index (χ2v) is 7.02. The minimum Gasteiger partial charge on any atom is -0.356 e. The lowest BCUT2D eigenvalue weighted by Crippen LogP contribution is -2.39. The number of aryl methyl sites for hydroxylation is 1. The number of aromatic nitrogens is 3. The van der Waals surface area contributed by atoms with Crippen LogP contribution in [0, 0.1) is 5.92 Å². The molecule has 2 N–H and O–H groups in total. The molecule has 1 atom stereocenters. The lowest BCUT2D eigenvalue weighted by Gasteiger charge is -2.15. The van der Waals surface area contributed by atoms with Crippen LogP contribution in [0.5, 0.6) is 0 Å². The number of nitrogens with zero attached hydrogens (tertiary/aromatic N) is 4. The van der Waals surface area contributed by atoms with Crippen LogP contribution in [0.1, 0.15) is 29.9 Å². The van der Waals surface area contributed by atoms with Gasteiger partial charge in [0.25, 0.3) is 0 Å². The molecule has 0 amide bonds. The van der Waals surface area contributed by atoms with Crippen molar-refractivity contribution in [3.63, 3.8) is 0 Å². The average Bonchev–Trinajstić information content (AvgIpc) is 3.26. The van der Waals surface area contributed by atoms with Crippen molar-refractivity contribution in [2.24, 2.45) is 10.9 Å². The van der Waals surface area contributed by atoms with Crippen LogP contribution in [0.4, 0.5) is 0 Å². The van der Waals surface area contributed by atoms with E-state index in [-0.39, 0.29) is 24.0 Å². The molecule has 1 unspecified atom stereocenters. The van der Waals surface area contributed by atoms with Gasteiger partial charge >= 0.3 is 0 Å². The summed E-state index contributed by atoms with van der Waals surface area (Å²) in [6, 6.07) is 4.30. The largest absolute Gasteiger partial charge is 0.356 e. The van der Waals surface area contributed by atoms with E-state index in [0.717, 1.165) is 43.5 Å². The van der Waals surface area contributed by atoms with E-state index in [1.165, 1.54) is 11.3 Å². The summed E-state index contributed by atoms with van der Waals surface area (Å²) in [5.74, 6) is 3.48. The second-order valence-electron chi connectivity index (χ2n) is 5.98. The van der Waals surface area contributed by atoms with Gasteiger partial charge in [0.15, 0.2) is 11.8 Å². The Kier molecular flexibility index (Phi) is 7.47. The van der Waals surface area contributed by atoms with Crippen molar-refractivity contribution in [2.75, 3.05) is 13.6 Å². The van der Waals surface area contributed by atoms with Crippen LogP contribution >= 0.6 is 35.3 Å². The van der Waals surface area contributed by atoms with Crippen molar-refractivity contribution in [1.29, 1.82) is 0 Å². The van der Waals surface area contributed by atoms with E-state index in [9.17, 15) is 0 Å². The van der Waals surface area contributed by atoms with Gasteiger partial charge in [-0.15, -0.1) is 45.5 Å². The van der Waals surface area contributed by atoms with Crippen molar-refractivity contribution >= 4 is 41.3 Å².